The van der Waals surface area contributed by atoms with Gasteiger partial charge in [-0.25, -0.2) is 9.97 Å². The van der Waals surface area contributed by atoms with Gasteiger partial charge >= 0.3 is 0 Å². The average Bonchev–Trinajstić information content (AvgIpc) is 3.03. The molecule has 0 amide bonds. The minimum absolute atomic E-state index is 1.00. The molecule has 2 heterocycles. The third-order valence-corrected chi connectivity index (χ3v) is 4.14. The van der Waals surface area contributed by atoms with Crippen molar-refractivity contribution < 1.29 is 0 Å². The number of hydrogen-bond donors (Lipinski definition) is 1. The summed E-state index contributed by atoms with van der Waals surface area (Å²) in [6, 6.07) is 8.49. The van der Waals surface area contributed by atoms with Crippen molar-refractivity contribution in [3.8, 4) is 22.0 Å². The fraction of sp³-hybridized carbons (Fsp3) is 0.0769. The van der Waals surface area contributed by atoms with Crippen LogP contribution < -0.4 is 0 Å². The molecule has 1 N–H and O–H groups in total. The molecule has 0 radical (unpaired) electrons. The van der Waals surface area contributed by atoms with Crippen LogP contribution in [0, 0.1) is 0 Å². The molecule has 0 fully saturated rings. The molecule has 0 atom stereocenters. The summed E-state index contributed by atoms with van der Waals surface area (Å²) < 4.78 is 0. The van der Waals surface area contributed by atoms with E-state index in [-0.39, 0.29) is 0 Å². The molecule has 3 nitrogen and oxygen atoms in total. The van der Waals surface area contributed by atoms with Gasteiger partial charge in [-0.2, -0.15) is 0 Å². The summed E-state index contributed by atoms with van der Waals surface area (Å²) in [6.45, 7) is 0. The molecule has 4 rings (SSSR count). The van der Waals surface area contributed by atoms with Crippen LogP contribution in [0.15, 0.2) is 36.8 Å². The summed E-state index contributed by atoms with van der Waals surface area (Å²) in [4.78, 5) is 13.2. The first-order valence-electron chi connectivity index (χ1n) is 5.48. The number of fused-ring (bicyclic) bond motifs is 3. The van der Waals surface area contributed by atoms with E-state index in [1.807, 2.05) is 6.20 Å². The van der Waals surface area contributed by atoms with Gasteiger partial charge in [0.25, 0.3) is 0 Å². The minimum atomic E-state index is 1.00. The molecule has 0 aliphatic heterocycles. The van der Waals surface area contributed by atoms with E-state index in [2.05, 4.69) is 34.2 Å². The number of aromatic amines is 1. The van der Waals surface area contributed by atoms with E-state index in [4.69, 9.17) is 4.98 Å². The van der Waals surface area contributed by atoms with E-state index >= 15 is 0 Å². The van der Waals surface area contributed by atoms with Gasteiger partial charge in [-0.15, -0.1) is 11.3 Å². The molecule has 0 bridgehead atoms. The number of aromatic nitrogens is 3. The van der Waals surface area contributed by atoms with Crippen molar-refractivity contribution in [1.29, 1.82) is 0 Å². The van der Waals surface area contributed by atoms with Crippen LogP contribution in [-0.2, 0) is 6.42 Å². The van der Waals surface area contributed by atoms with Gasteiger partial charge in [-0.05, 0) is 5.56 Å². The van der Waals surface area contributed by atoms with E-state index in [9.17, 15) is 0 Å². The number of H-pyrrole nitrogens is 1. The lowest BCUT2D eigenvalue weighted by Gasteiger charge is -1.96. The maximum absolute atomic E-state index is 4.72. The third kappa shape index (κ3) is 1.27. The van der Waals surface area contributed by atoms with Crippen LogP contribution in [0.3, 0.4) is 0 Å². The predicted molar refractivity (Wildman–Crippen MR) is 67.9 cm³/mol. The standard InChI is InChI=1S/C13H9N3S/c1-2-4-9-8(3-1)5-11-12(9)16-13(17-11)10-6-14-7-15-10/h1-4,6-7H,5H2,(H,14,15). The van der Waals surface area contributed by atoms with Crippen molar-refractivity contribution in [2.75, 3.05) is 0 Å². The fourth-order valence-corrected chi connectivity index (χ4v) is 3.32. The summed E-state index contributed by atoms with van der Waals surface area (Å²) in [5.41, 5.74) is 4.82. The molecule has 1 aromatic carbocycles. The fourth-order valence-electron chi connectivity index (χ4n) is 2.25. The monoisotopic (exact) mass is 239 g/mol. The van der Waals surface area contributed by atoms with Crippen LogP contribution in [0.4, 0.5) is 0 Å². The molecular weight excluding hydrogens is 230 g/mol. The van der Waals surface area contributed by atoms with E-state index in [0.29, 0.717) is 0 Å². The topological polar surface area (TPSA) is 41.6 Å². The van der Waals surface area contributed by atoms with E-state index < -0.39 is 0 Å². The second-order valence-electron chi connectivity index (χ2n) is 4.09. The molecule has 1 aliphatic carbocycles. The van der Waals surface area contributed by atoms with E-state index in [1.165, 1.54) is 16.0 Å². The Morgan fingerprint density at radius 1 is 1.24 bits per heavy atom. The summed E-state index contributed by atoms with van der Waals surface area (Å²) in [7, 11) is 0. The number of benzene rings is 1. The molecular formula is C13H9N3S. The molecule has 4 heteroatoms. The van der Waals surface area contributed by atoms with Gasteiger partial charge in [0.2, 0.25) is 0 Å². The molecule has 82 valence electrons. The Kier molecular flexibility index (Phi) is 1.76. The highest BCUT2D eigenvalue weighted by molar-refractivity contribution is 7.15. The van der Waals surface area contributed by atoms with E-state index in [1.54, 1.807) is 17.7 Å². The smallest absolute Gasteiger partial charge is 0.142 e. The number of imidazole rings is 1. The molecule has 0 saturated carbocycles. The average molecular weight is 239 g/mol. The highest BCUT2D eigenvalue weighted by Crippen LogP contribution is 2.41. The maximum atomic E-state index is 4.72. The van der Waals surface area contributed by atoms with Crippen molar-refractivity contribution in [3.63, 3.8) is 0 Å². The maximum Gasteiger partial charge on any atom is 0.142 e. The van der Waals surface area contributed by atoms with Crippen molar-refractivity contribution in [2.45, 2.75) is 6.42 Å². The lowest BCUT2D eigenvalue weighted by molar-refractivity contribution is 1.30. The SMILES string of the molecule is c1ccc2c(c1)Cc1sc(-c3cnc[nH]3)nc1-2. The number of nitrogens with zero attached hydrogens (tertiary/aromatic N) is 2. The summed E-state index contributed by atoms with van der Waals surface area (Å²) >= 11 is 1.75. The normalized spacial score (nSPS) is 12.5. The summed E-state index contributed by atoms with van der Waals surface area (Å²) in [5, 5.41) is 1.03. The van der Waals surface area contributed by atoms with Crippen molar-refractivity contribution in [1.82, 2.24) is 15.0 Å². The molecule has 2 aromatic heterocycles. The van der Waals surface area contributed by atoms with Gasteiger partial charge in [0, 0.05) is 16.9 Å². The molecule has 0 unspecified atom stereocenters. The highest BCUT2D eigenvalue weighted by Gasteiger charge is 2.23. The Morgan fingerprint density at radius 3 is 3.06 bits per heavy atom. The molecule has 3 aromatic rings. The van der Waals surface area contributed by atoms with Crippen LogP contribution in [0.1, 0.15) is 10.4 Å². The van der Waals surface area contributed by atoms with Gasteiger partial charge in [0.05, 0.1) is 23.9 Å². The van der Waals surface area contributed by atoms with E-state index in [0.717, 1.165) is 22.8 Å². The number of rotatable bonds is 1. The zero-order valence-electron chi connectivity index (χ0n) is 8.97. The van der Waals surface area contributed by atoms with Gasteiger partial charge in [0.1, 0.15) is 5.01 Å². The molecule has 0 saturated heterocycles. The molecule has 0 spiro atoms. The third-order valence-electron chi connectivity index (χ3n) is 3.05. The van der Waals surface area contributed by atoms with Crippen LogP contribution >= 0.6 is 11.3 Å². The number of hydrogen-bond acceptors (Lipinski definition) is 3. The van der Waals surface area contributed by atoms with Gasteiger partial charge in [-0.3, -0.25) is 0 Å². The Bertz CT molecular complexity index is 683. The second kappa shape index (κ2) is 3.28. The van der Waals surface area contributed by atoms with Crippen molar-refractivity contribution in [3.05, 3.63) is 47.2 Å². The Labute approximate surface area is 102 Å². The van der Waals surface area contributed by atoms with Crippen molar-refractivity contribution in [2.24, 2.45) is 0 Å². The van der Waals surface area contributed by atoms with Gasteiger partial charge < -0.3 is 4.98 Å². The zero-order chi connectivity index (χ0) is 11.2. The Morgan fingerprint density at radius 2 is 2.18 bits per heavy atom. The summed E-state index contributed by atoms with van der Waals surface area (Å²) in [6.07, 6.45) is 4.52. The van der Waals surface area contributed by atoms with Crippen LogP contribution in [0.2, 0.25) is 0 Å². The second-order valence-corrected chi connectivity index (χ2v) is 5.17. The van der Waals surface area contributed by atoms with Gasteiger partial charge in [-0.1, -0.05) is 24.3 Å². The first-order chi connectivity index (χ1) is 8.42. The van der Waals surface area contributed by atoms with Crippen LogP contribution in [-0.4, -0.2) is 15.0 Å². The predicted octanol–water partition coefficient (Wildman–Crippen LogP) is 3.10. The Hall–Kier alpha value is -1.94. The van der Waals surface area contributed by atoms with Gasteiger partial charge in [0.15, 0.2) is 0 Å². The Balaban J connectivity index is 1.89. The molecule has 1 aliphatic rings. The quantitative estimate of drug-likeness (QED) is 0.554. The first-order valence-corrected chi connectivity index (χ1v) is 6.30. The number of nitrogens with one attached hydrogen (secondary N) is 1. The molecule has 17 heavy (non-hydrogen) atoms. The lowest BCUT2D eigenvalue weighted by atomic mass is 10.1. The largest absolute Gasteiger partial charge is 0.343 e. The van der Waals surface area contributed by atoms with Crippen molar-refractivity contribution >= 4 is 11.3 Å². The van der Waals surface area contributed by atoms with Crippen LogP contribution in [0.5, 0.6) is 0 Å². The summed E-state index contributed by atoms with van der Waals surface area (Å²) in [5.74, 6) is 0. The lowest BCUT2D eigenvalue weighted by Crippen LogP contribution is -1.80. The first kappa shape index (κ1) is 9.13. The highest BCUT2D eigenvalue weighted by atomic mass is 32.1. The zero-order valence-corrected chi connectivity index (χ0v) is 9.79. The minimum Gasteiger partial charge on any atom is -0.343 e. The number of thiazole rings is 1. The van der Waals surface area contributed by atoms with Crippen LogP contribution in [0.25, 0.3) is 22.0 Å².